The lowest BCUT2D eigenvalue weighted by atomic mass is 9.85. The normalized spacial score (nSPS) is 22.9. The van der Waals surface area contributed by atoms with Crippen LogP contribution in [0.25, 0.3) is 0 Å². The van der Waals surface area contributed by atoms with Crippen LogP contribution in [0.4, 0.5) is 4.79 Å². The Kier molecular flexibility index (Phi) is 6.92. The van der Waals surface area contributed by atoms with Gasteiger partial charge in [-0.25, -0.2) is 4.79 Å². The molecular formula is C21H33N3O2. The molecule has 1 heterocycles. The van der Waals surface area contributed by atoms with Gasteiger partial charge in [-0.3, -0.25) is 4.90 Å². The summed E-state index contributed by atoms with van der Waals surface area (Å²) in [5.41, 5.74) is 0.671. The first-order valence-corrected chi connectivity index (χ1v) is 10.1. The van der Waals surface area contributed by atoms with E-state index in [1.165, 1.54) is 18.4 Å². The molecule has 144 valence electrons. The fourth-order valence-electron chi connectivity index (χ4n) is 4.22. The summed E-state index contributed by atoms with van der Waals surface area (Å²) in [7, 11) is 0. The molecule has 0 unspecified atom stereocenters. The molecule has 1 aliphatic heterocycles. The Morgan fingerprint density at radius 2 is 1.92 bits per heavy atom. The highest BCUT2D eigenvalue weighted by molar-refractivity contribution is 5.73. The molecule has 3 rings (SSSR count). The Balaban J connectivity index is 1.28. The van der Waals surface area contributed by atoms with Gasteiger partial charge in [0.1, 0.15) is 0 Å². The van der Waals surface area contributed by atoms with E-state index >= 15 is 0 Å². The number of likely N-dealkylation sites (tertiary alicyclic amines) is 1. The second kappa shape index (κ2) is 9.38. The second-order valence-corrected chi connectivity index (χ2v) is 8.06. The molecule has 1 aliphatic carbocycles. The molecule has 0 spiro atoms. The second-order valence-electron chi connectivity index (χ2n) is 8.06. The number of rotatable bonds is 7. The molecule has 2 amide bonds. The molecule has 2 aliphatic rings. The summed E-state index contributed by atoms with van der Waals surface area (Å²) in [5, 5.41) is 16.2. The van der Waals surface area contributed by atoms with Gasteiger partial charge in [0.15, 0.2) is 0 Å². The van der Waals surface area contributed by atoms with Gasteiger partial charge >= 0.3 is 6.03 Å². The summed E-state index contributed by atoms with van der Waals surface area (Å²) >= 11 is 0. The summed E-state index contributed by atoms with van der Waals surface area (Å²) in [6.45, 7) is 4.34. The number of amides is 2. The van der Waals surface area contributed by atoms with Gasteiger partial charge in [0.2, 0.25) is 0 Å². The number of urea groups is 1. The maximum Gasteiger partial charge on any atom is 0.314 e. The van der Waals surface area contributed by atoms with Crippen LogP contribution in [0.5, 0.6) is 0 Å². The largest absolute Gasteiger partial charge is 0.388 e. The van der Waals surface area contributed by atoms with Gasteiger partial charge in [-0.1, -0.05) is 49.6 Å². The molecular weight excluding hydrogens is 326 g/mol. The number of hydrogen-bond acceptors (Lipinski definition) is 3. The summed E-state index contributed by atoms with van der Waals surface area (Å²) in [5.74, 6) is 0.654. The van der Waals surface area contributed by atoms with E-state index in [-0.39, 0.29) is 6.03 Å². The molecule has 0 bridgehead atoms. The zero-order valence-electron chi connectivity index (χ0n) is 15.8. The summed E-state index contributed by atoms with van der Waals surface area (Å²) in [6, 6.07) is 10.5. The van der Waals surface area contributed by atoms with Crippen molar-refractivity contribution >= 4 is 6.03 Å². The molecule has 1 saturated carbocycles. The Hall–Kier alpha value is -1.59. The highest BCUT2D eigenvalue weighted by Gasteiger charge is 2.29. The molecule has 0 aromatic heterocycles. The minimum atomic E-state index is -0.695. The van der Waals surface area contributed by atoms with Gasteiger partial charge in [0.05, 0.1) is 5.60 Å². The predicted molar refractivity (Wildman–Crippen MR) is 104 cm³/mol. The van der Waals surface area contributed by atoms with Gasteiger partial charge in [-0.15, -0.1) is 0 Å². The van der Waals surface area contributed by atoms with Crippen LogP contribution in [0.2, 0.25) is 0 Å². The number of nitrogens with one attached hydrogen (secondary N) is 2. The Morgan fingerprint density at radius 3 is 2.69 bits per heavy atom. The maximum atomic E-state index is 12.0. The number of carbonyl (C=O) groups excluding carboxylic acids is 1. The van der Waals surface area contributed by atoms with Crippen LogP contribution in [-0.4, -0.2) is 47.8 Å². The van der Waals surface area contributed by atoms with E-state index in [2.05, 4.69) is 45.9 Å². The Labute approximate surface area is 157 Å². The first-order valence-electron chi connectivity index (χ1n) is 10.1. The van der Waals surface area contributed by atoms with Crippen LogP contribution >= 0.6 is 0 Å². The van der Waals surface area contributed by atoms with Crippen LogP contribution in [0.3, 0.4) is 0 Å². The fraction of sp³-hybridized carbons (Fsp3) is 0.667. The van der Waals surface area contributed by atoms with E-state index in [0.29, 0.717) is 19.0 Å². The molecule has 5 heteroatoms. The molecule has 1 atom stereocenters. The average molecular weight is 360 g/mol. The highest BCUT2D eigenvalue weighted by Crippen LogP contribution is 2.27. The lowest BCUT2D eigenvalue weighted by molar-refractivity contribution is 0.00719. The van der Waals surface area contributed by atoms with E-state index in [4.69, 9.17) is 0 Å². The molecule has 5 nitrogen and oxygen atoms in total. The van der Waals surface area contributed by atoms with Crippen molar-refractivity contribution in [3.05, 3.63) is 35.9 Å². The van der Waals surface area contributed by atoms with Gasteiger partial charge < -0.3 is 15.7 Å². The van der Waals surface area contributed by atoms with Gasteiger partial charge in [-0.2, -0.15) is 0 Å². The topological polar surface area (TPSA) is 64.6 Å². The number of carbonyl (C=O) groups is 1. The van der Waals surface area contributed by atoms with E-state index in [1.807, 2.05) is 0 Å². The number of nitrogens with zero attached hydrogens (tertiary/aromatic N) is 1. The minimum absolute atomic E-state index is 0.150. The van der Waals surface area contributed by atoms with E-state index in [1.54, 1.807) is 0 Å². The van der Waals surface area contributed by atoms with Crippen LogP contribution in [0, 0.1) is 5.92 Å². The standard InChI is InChI=1S/C21H33N3O2/c25-20(23-17-21(26)11-5-2-6-12-21)22-13-9-19-10-14-24(16-19)15-18-7-3-1-4-8-18/h1,3-4,7-8,19,26H,2,5-6,9-17H2,(H2,22,23,25)/t19-/m1/s1. The summed E-state index contributed by atoms with van der Waals surface area (Å²) in [4.78, 5) is 14.5. The lowest BCUT2D eigenvalue weighted by Crippen LogP contribution is -2.47. The van der Waals surface area contributed by atoms with Crippen LogP contribution in [0.1, 0.15) is 50.5 Å². The average Bonchev–Trinajstić information content (AvgIpc) is 3.09. The first-order chi connectivity index (χ1) is 12.6. The molecule has 0 radical (unpaired) electrons. The van der Waals surface area contributed by atoms with Crippen molar-refractivity contribution < 1.29 is 9.90 Å². The van der Waals surface area contributed by atoms with Crippen molar-refractivity contribution in [1.82, 2.24) is 15.5 Å². The summed E-state index contributed by atoms with van der Waals surface area (Å²) < 4.78 is 0. The van der Waals surface area contributed by atoms with E-state index in [9.17, 15) is 9.90 Å². The van der Waals surface area contributed by atoms with Crippen molar-refractivity contribution in [2.75, 3.05) is 26.2 Å². The zero-order valence-corrected chi connectivity index (χ0v) is 15.8. The highest BCUT2D eigenvalue weighted by atomic mass is 16.3. The maximum absolute atomic E-state index is 12.0. The predicted octanol–water partition coefficient (Wildman–Crippen LogP) is 2.89. The SMILES string of the molecule is O=C(NCC[C@@H]1CCN(Cc2ccccc2)C1)NCC1(O)CCCCC1. The van der Waals surface area contributed by atoms with Gasteiger partial charge in [0, 0.05) is 26.2 Å². The Morgan fingerprint density at radius 1 is 1.15 bits per heavy atom. The molecule has 1 aromatic rings. The van der Waals surface area contributed by atoms with Crippen LogP contribution < -0.4 is 10.6 Å². The smallest absolute Gasteiger partial charge is 0.314 e. The first kappa shape index (κ1) is 19.2. The zero-order chi connectivity index (χ0) is 18.2. The number of benzene rings is 1. The summed E-state index contributed by atoms with van der Waals surface area (Å²) in [6.07, 6.45) is 7.12. The molecule has 2 fully saturated rings. The lowest BCUT2D eigenvalue weighted by Gasteiger charge is -2.32. The van der Waals surface area contributed by atoms with Gasteiger partial charge in [-0.05, 0) is 43.7 Å². The van der Waals surface area contributed by atoms with Crippen molar-refractivity contribution in [1.29, 1.82) is 0 Å². The molecule has 1 aromatic carbocycles. The molecule has 3 N–H and O–H groups in total. The number of aliphatic hydroxyl groups is 1. The quantitative estimate of drug-likeness (QED) is 0.701. The molecule has 26 heavy (non-hydrogen) atoms. The van der Waals surface area contributed by atoms with Crippen molar-refractivity contribution in [2.45, 2.75) is 57.1 Å². The Bertz CT molecular complexity index is 558. The fourth-order valence-corrected chi connectivity index (χ4v) is 4.22. The van der Waals surface area contributed by atoms with Crippen molar-refractivity contribution in [2.24, 2.45) is 5.92 Å². The van der Waals surface area contributed by atoms with Crippen LogP contribution in [-0.2, 0) is 6.54 Å². The minimum Gasteiger partial charge on any atom is -0.388 e. The monoisotopic (exact) mass is 359 g/mol. The van der Waals surface area contributed by atoms with E-state index < -0.39 is 5.60 Å². The van der Waals surface area contributed by atoms with E-state index in [0.717, 1.165) is 51.7 Å². The van der Waals surface area contributed by atoms with Crippen LogP contribution in [0.15, 0.2) is 30.3 Å². The molecule has 1 saturated heterocycles. The number of hydrogen-bond donors (Lipinski definition) is 3. The van der Waals surface area contributed by atoms with Crippen molar-refractivity contribution in [3.8, 4) is 0 Å². The third kappa shape index (κ3) is 5.99. The van der Waals surface area contributed by atoms with Crippen molar-refractivity contribution in [3.63, 3.8) is 0 Å². The third-order valence-corrected chi connectivity index (χ3v) is 5.82. The third-order valence-electron chi connectivity index (χ3n) is 5.82. The van der Waals surface area contributed by atoms with Gasteiger partial charge in [0.25, 0.3) is 0 Å².